The zero-order chi connectivity index (χ0) is 15.5. The summed E-state index contributed by atoms with van der Waals surface area (Å²) < 4.78 is 0. The summed E-state index contributed by atoms with van der Waals surface area (Å²) in [5, 5.41) is 6.89. The van der Waals surface area contributed by atoms with Gasteiger partial charge in [-0.15, -0.1) is 0 Å². The van der Waals surface area contributed by atoms with Crippen LogP contribution in [0.1, 0.15) is 36.7 Å². The van der Waals surface area contributed by atoms with Crippen molar-refractivity contribution in [2.45, 2.75) is 28.2 Å². The van der Waals surface area contributed by atoms with Gasteiger partial charge in [0.05, 0.1) is 11.9 Å². The molecule has 1 N–H and O–H groups in total. The Balaban J connectivity index is 0.00000192. The minimum absolute atomic E-state index is 0. The van der Waals surface area contributed by atoms with Crippen LogP contribution in [0, 0.1) is 13.8 Å². The van der Waals surface area contributed by atoms with Crippen LogP contribution in [0.15, 0.2) is 49.1 Å². The van der Waals surface area contributed by atoms with Crippen LogP contribution in [-0.2, 0) is 0 Å². The molecule has 4 nitrogen and oxygen atoms in total. The van der Waals surface area contributed by atoms with Crippen LogP contribution in [0.2, 0.25) is 0 Å². The summed E-state index contributed by atoms with van der Waals surface area (Å²) in [5.41, 5.74) is 7.46. The second-order valence-electron chi connectivity index (χ2n) is 5.19. The average molecular weight is 306 g/mol. The van der Waals surface area contributed by atoms with Gasteiger partial charge in [0.1, 0.15) is 6.33 Å². The summed E-state index contributed by atoms with van der Waals surface area (Å²) in [5.74, 6) is 0. The molecule has 0 bridgehead atoms. The van der Waals surface area contributed by atoms with Gasteiger partial charge in [-0.3, -0.25) is 5.10 Å². The van der Waals surface area contributed by atoms with Crippen molar-refractivity contribution < 1.29 is 0 Å². The molecular weight excluding hydrogens is 284 g/mol. The smallest absolute Gasteiger partial charge is 0.116 e. The van der Waals surface area contributed by atoms with E-state index in [0.29, 0.717) is 0 Å². The third-order valence-corrected chi connectivity index (χ3v) is 3.80. The van der Waals surface area contributed by atoms with Crippen LogP contribution in [0.5, 0.6) is 0 Å². The average Bonchev–Trinajstić information content (AvgIpc) is 3.05. The van der Waals surface area contributed by atoms with E-state index in [1.165, 1.54) is 11.1 Å². The number of aryl methyl sites for hydroxylation is 2. The van der Waals surface area contributed by atoms with Gasteiger partial charge in [-0.05, 0) is 37.5 Å². The van der Waals surface area contributed by atoms with Crippen molar-refractivity contribution in [2.75, 3.05) is 0 Å². The maximum atomic E-state index is 4.49. The third-order valence-electron chi connectivity index (χ3n) is 3.80. The van der Waals surface area contributed by atoms with E-state index in [2.05, 4.69) is 57.4 Å². The fourth-order valence-electron chi connectivity index (χ4n) is 2.70. The fourth-order valence-corrected chi connectivity index (χ4v) is 2.70. The molecule has 0 saturated carbocycles. The Morgan fingerprint density at radius 3 is 2.57 bits per heavy atom. The normalized spacial score (nSPS) is 11.2. The molecule has 0 radical (unpaired) electrons. The first-order valence-corrected chi connectivity index (χ1v) is 7.25. The van der Waals surface area contributed by atoms with Crippen LogP contribution in [0.25, 0.3) is 16.8 Å². The molecule has 2 aromatic heterocycles. The number of nitrogens with one attached hydrogen (secondary N) is 1. The summed E-state index contributed by atoms with van der Waals surface area (Å²) in [6.07, 6.45) is 7.37. The van der Waals surface area contributed by atoms with Crippen molar-refractivity contribution in [1.82, 2.24) is 20.2 Å². The number of hydrogen-bond donors (Lipinski definition) is 1. The van der Waals surface area contributed by atoms with E-state index in [1.54, 1.807) is 12.5 Å². The lowest BCUT2D eigenvalue weighted by molar-refractivity contribution is 1.09. The minimum atomic E-state index is 0. The minimum Gasteiger partial charge on any atom is -0.285 e. The number of hydrogen-bond acceptors (Lipinski definition) is 3. The Bertz CT molecular complexity index is 817. The summed E-state index contributed by atoms with van der Waals surface area (Å²) in [6.45, 7) is 6.19. The lowest BCUT2D eigenvalue weighted by Gasteiger charge is -2.15. The van der Waals surface area contributed by atoms with E-state index < -0.39 is 0 Å². The molecule has 2 heterocycles. The molecule has 23 heavy (non-hydrogen) atoms. The van der Waals surface area contributed by atoms with Gasteiger partial charge in [-0.2, -0.15) is 5.10 Å². The van der Waals surface area contributed by atoms with Gasteiger partial charge in [0.25, 0.3) is 0 Å². The molecule has 3 rings (SSSR count). The van der Waals surface area contributed by atoms with Gasteiger partial charge in [-0.25, -0.2) is 9.97 Å². The second kappa shape index (κ2) is 7.01. The number of benzene rings is 1. The zero-order valence-corrected chi connectivity index (χ0v) is 13.0. The highest BCUT2D eigenvalue weighted by Gasteiger charge is 2.17. The summed E-state index contributed by atoms with van der Waals surface area (Å²) in [4.78, 5) is 8.89. The van der Waals surface area contributed by atoms with E-state index >= 15 is 0 Å². The number of H-pyrrole nitrogens is 1. The van der Waals surface area contributed by atoms with Gasteiger partial charge in [0.2, 0.25) is 0 Å². The monoisotopic (exact) mass is 306 g/mol. The fraction of sp³-hybridized carbons (Fsp3) is 0.211. The Morgan fingerprint density at radius 1 is 1.13 bits per heavy atom. The summed E-state index contributed by atoms with van der Waals surface area (Å²) in [6, 6.07) is 8.37. The van der Waals surface area contributed by atoms with Crippen molar-refractivity contribution >= 4 is 5.57 Å². The number of nitrogens with zero attached hydrogens (tertiary/aromatic N) is 3. The quantitative estimate of drug-likeness (QED) is 0.771. The van der Waals surface area contributed by atoms with Crippen molar-refractivity contribution in [3.05, 3.63) is 71.4 Å². The standard InChI is InChI=1S/C18H18N4.CH4/c1-4-15(16-8-6-5-7-12(16)2)17-13(3)19-11-20-18(17)14-9-21-22-10-14;/h4-11H,1-3H3,(H,21,22);1H4/b15-4-;. The van der Waals surface area contributed by atoms with Crippen molar-refractivity contribution in [3.8, 4) is 11.3 Å². The zero-order valence-electron chi connectivity index (χ0n) is 13.0. The van der Waals surface area contributed by atoms with E-state index in [4.69, 9.17) is 0 Å². The SMILES string of the molecule is C.C/C=C(/c1ccccc1C)c1c(C)ncnc1-c1cn[nH]c1. The van der Waals surface area contributed by atoms with E-state index in [-0.39, 0.29) is 7.43 Å². The molecule has 0 atom stereocenters. The van der Waals surface area contributed by atoms with Crippen LogP contribution >= 0.6 is 0 Å². The first-order valence-electron chi connectivity index (χ1n) is 7.25. The number of aromatic amines is 1. The van der Waals surface area contributed by atoms with Crippen molar-refractivity contribution in [2.24, 2.45) is 0 Å². The van der Waals surface area contributed by atoms with Crippen LogP contribution in [0.4, 0.5) is 0 Å². The molecule has 3 aromatic rings. The summed E-state index contributed by atoms with van der Waals surface area (Å²) >= 11 is 0. The lowest BCUT2D eigenvalue weighted by atomic mass is 9.91. The van der Waals surface area contributed by atoms with E-state index in [9.17, 15) is 0 Å². The second-order valence-corrected chi connectivity index (χ2v) is 5.19. The molecule has 4 heteroatoms. The number of allylic oxidation sites excluding steroid dienone is 1. The highest BCUT2D eigenvalue weighted by atomic mass is 15.1. The molecule has 0 aliphatic carbocycles. The lowest BCUT2D eigenvalue weighted by Crippen LogP contribution is -2.01. The molecule has 118 valence electrons. The molecule has 0 aliphatic heterocycles. The Kier molecular flexibility index (Phi) is 5.06. The number of rotatable bonds is 3. The largest absolute Gasteiger partial charge is 0.285 e. The molecule has 0 saturated heterocycles. The summed E-state index contributed by atoms with van der Waals surface area (Å²) in [7, 11) is 0. The molecular formula is C19H22N4. The highest BCUT2D eigenvalue weighted by Crippen LogP contribution is 2.33. The first-order chi connectivity index (χ1) is 10.7. The Labute approximate surface area is 137 Å². The highest BCUT2D eigenvalue weighted by molar-refractivity contribution is 5.88. The topological polar surface area (TPSA) is 54.5 Å². The maximum Gasteiger partial charge on any atom is 0.116 e. The molecule has 0 unspecified atom stereocenters. The molecule has 0 spiro atoms. The van der Waals surface area contributed by atoms with Gasteiger partial charge in [-0.1, -0.05) is 37.8 Å². The first kappa shape index (κ1) is 16.6. The van der Waals surface area contributed by atoms with Crippen molar-refractivity contribution in [1.29, 1.82) is 0 Å². The Morgan fingerprint density at radius 2 is 1.91 bits per heavy atom. The van der Waals surface area contributed by atoms with Gasteiger partial charge in [0.15, 0.2) is 0 Å². The van der Waals surface area contributed by atoms with Crippen LogP contribution in [0.3, 0.4) is 0 Å². The van der Waals surface area contributed by atoms with Gasteiger partial charge in [0, 0.05) is 23.0 Å². The third kappa shape index (κ3) is 3.06. The Hall–Kier alpha value is -2.75. The van der Waals surface area contributed by atoms with Crippen LogP contribution in [-0.4, -0.2) is 20.2 Å². The van der Waals surface area contributed by atoms with Gasteiger partial charge < -0.3 is 0 Å². The van der Waals surface area contributed by atoms with Gasteiger partial charge >= 0.3 is 0 Å². The van der Waals surface area contributed by atoms with E-state index in [1.807, 2.05) is 20.0 Å². The maximum absolute atomic E-state index is 4.49. The van der Waals surface area contributed by atoms with Crippen LogP contribution < -0.4 is 0 Å². The predicted octanol–water partition coefficient (Wildman–Crippen LogP) is 4.57. The molecule has 0 fully saturated rings. The van der Waals surface area contributed by atoms with Crippen molar-refractivity contribution in [3.63, 3.8) is 0 Å². The molecule has 1 aromatic carbocycles. The predicted molar refractivity (Wildman–Crippen MR) is 95.0 cm³/mol. The van der Waals surface area contributed by atoms with E-state index in [0.717, 1.165) is 28.1 Å². The molecule has 0 aliphatic rings. The molecule has 0 amide bonds. The number of aromatic nitrogens is 4.